The van der Waals surface area contributed by atoms with Gasteiger partial charge in [0.2, 0.25) is 0 Å². The van der Waals surface area contributed by atoms with Crippen LogP contribution in [0.2, 0.25) is 0 Å². The molecule has 0 saturated heterocycles. The van der Waals surface area contributed by atoms with E-state index in [1.807, 2.05) is 6.92 Å². The Morgan fingerprint density at radius 2 is 1.25 bits per heavy atom. The van der Waals surface area contributed by atoms with Crippen LogP contribution in [0.25, 0.3) is 0 Å². The van der Waals surface area contributed by atoms with Gasteiger partial charge in [0, 0.05) is 12.8 Å². The van der Waals surface area contributed by atoms with Gasteiger partial charge in [-0.1, -0.05) is 0 Å². The summed E-state index contributed by atoms with van der Waals surface area (Å²) in [5, 5.41) is 10.1. The summed E-state index contributed by atoms with van der Waals surface area (Å²) >= 11 is 0. The van der Waals surface area contributed by atoms with E-state index in [1.165, 1.54) is 11.2 Å². The summed E-state index contributed by atoms with van der Waals surface area (Å²) in [7, 11) is 0. The Hall–Kier alpha value is -0.940. The highest BCUT2D eigenvalue weighted by Crippen LogP contribution is 1.87. The first kappa shape index (κ1) is 23.1. The van der Waals surface area contributed by atoms with Crippen LogP contribution in [0.5, 0.6) is 0 Å². The number of nitrogens with two attached hydrogens (primary N) is 2. The number of hydrogen-bond donors (Lipinski definition) is 3. The molecule has 0 radical (unpaired) electrons. The molecule has 0 saturated carbocycles. The van der Waals surface area contributed by atoms with Crippen molar-refractivity contribution in [2.24, 2.45) is 11.6 Å². The molecule has 0 spiro atoms. The average Bonchev–Trinajstić information content (AvgIpc) is 2.58. The third-order valence-electron chi connectivity index (χ3n) is 2.70. The maximum absolute atomic E-state index is 8.74. The van der Waals surface area contributed by atoms with E-state index in [1.54, 1.807) is 0 Å². The maximum Gasteiger partial charge on any atom is 0.0840 e. The van der Waals surface area contributed by atoms with E-state index in [0.29, 0.717) is 78.3 Å². The summed E-state index contributed by atoms with van der Waals surface area (Å²) in [5.74, 6) is 5.63. The minimum Gasteiger partial charge on any atom is -0.399 e. The smallest absolute Gasteiger partial charge is 0.0840 e. The second kappa shape index (κ2) is 18.4. The van der Waals surface area contributed by atoms with Crippen LogP contribution in [0.4, 0.5) is 0 Å². The van der Waals surface area contributed by atoms with Crippen LogP contribution in [0.15, 0.2) is 11.9 Å². The van der Waals surface area contributed by atoms with E-state index in [2.05, 4.69) is 0 Å². The number of hydrazine groups is 1. The van der Waals surface area contributed by atoms with E-state index in [9.17, 15) is 0 Å². The molecule has 0 aromatic carbocycles. The predicted molar refractivity (Wildman–Crippen MR) is 90.0 cm³/mol. The Morgan fingerprint density at radius 1 is 0.833 bits per heavy atom. The van der Waals surface area contributed by atoms with Crippen molar-refractivity contribution < 1.29 is 28.8 Å². The first-order valence-corrected chi connectivity index (χ1v) is 8.17. The third kappa shape index (κ3) is 17.4. The van der Waals surface area contributed by atoms with E-state index in [4.69, 9.17) is 40.4 Å². The molecule has 0 unspecified atom stereocenters. The molecular formula is C15H33N3O6. The Kier molecular flexibility index (Phi) is 17.7. The summed E-state index contributed by atoms with van der Waals surface area (Å²) in [6, 6.07) is 0. The highest BCUT2D eigenvalue weighted by atomic mass is 16.6. The highest BCUT2D eigenvalue weighted by molar-refractivity contribution is 4.94. The number of nitrogens with zero attached hydrogens (tertiary/aromatic N) is 1. The minimum absolute atomic E-state index is 0.218. The van der Waals surface area contributed by atoms with Gasteiger partial charge in [-0.3, -0.25) is 0 Å². The van der Waals surface area contributed by atoms with Crippen molar-refractivity contribution >= 4 is 0 Å². The number of rotatable bonds is 18. The molecule has 144 valence electrons. The monoisotopic (exact) mass is 351 g/mol. The Labute approximate surface area is 144 Å². The molecule has 0 aliphatic heterocycles. The minimum atomic E-state index is -0.218. The SMILES string of the molecule is CCOCCOCCOCCOCCOCCN(N)/C=C(\N)CO. The fourth-order valence-electron chi connectivity index (χ4n) is 1.51. The van der Waals surface area contributed by atoms with Crippen molar-refractivity contribution in [2.75, 3.05) is 79.2 Å². The van der Waals surface area contributed by atoms with Gasteiger partial charge >= 0.3 is 0 Å². The Morgan fingerprint density at radius 3 is 1.67 bits per heavy atom. The second-order valence-electron chi connectivity index (χ2n) is 4.75. The van der Waals surface area contributed by atoms with Crippen LogP contribution in [-0.4, -0.2) is 89.3 Å². The molecule has 0 aliphatic rings. The fourth-order valence-corrected chi connectivity index (χ4v) is 1.51. The van der Waals surface area contributed by atoms with Crippen LogP contribution in [-0.2, 0) is 23.7 Å². The zero-order valence-electron chi connectivity index (χ0n) is 14.7. The average molecular weight is 351 g/mol. The lowest BCUT2D eigenvalue weighted by Crippen LogP contribution is -2.30. The van der Waals surface area contributed by atoms with Crippen molar-refractivity contribution in [2.45, 2.75) is 6.92 Å². The summed E-state index contributed by atoms with van der Waals surface area (Å²) < 4.78 is 26.5. The van der Waals surface area contributed by atoms with Crippen molar-refractivity contribution in [1.29, 1.82) is 0 Å². The fraction of sp³-hybridized carbons (Fsp3) is 0.867. The van der Waals surface area contributed by atoms with E-state index < -0.39 is 0 Å². The largest absolute Gasteiger partial charge is 0.399 e. The maximum atomic E-state index is 8.74. The van der Waals surface area contributed by atoms with Gasteiger partial charge in [-0.2, -0.15) is 0 Å². The lowest BCUT2D eigenvalue weighted by molar-refractivity contribution is -0.0109. The first-order chi connectivity index (χ1) is 11.7. The highest BCUT2D eigenvalue weighted by Gasteiger charge is 1.96. The molecule has 9 nitrogen and oxygen atoms in total. The normalized spacial score (nSPS) is 11.9. The molecule has 0 atom stereocenters. The molecule has 0 aliphatic carbocycles. The van der Waals surface area contributed by atoms with Crippen molar-refractivity contribution in [1.82, 2.24) is 5.01 Å². The summed E-state index contributed by atoms with van der Waals surface area (Å²) in [6.45, 7) is 7.69. The number of aliphatic hydroxyl groups excluding tert-OH is 1. The molecule has 5 N–H and O–H groups in total. The number of hydrogen-bond acceptors (Lipinski definition) is 9. The third-order valence-corrected chi connectivity index (χ3v) is 2.70. The molecule has 0 aromatic rings. The van der Waals surface area contributed by atoms with Gasteiger partial charge in [0.25, 0.3) is 0 Å². The summed E-state index contributed by atoms with van der Waals surface area (Å²) in [4.78, 5) is 0. The molecule has 0 rings (SSSR count). The van der Waals surface area contributed by atoms with Crippen molar-refractivity contribution in [3.05, 3.63) is 11.9 Å². The van der Waals surface area contributed by atoms with Gasteiger partial charge in [-0.15, -0.1) is 0 Å². The molecule has 0 fully saturated rings. The molecule has 9 heteroatoms. The molecule has 0 amide bonds. The molecule has 0 heterocycles. The van der Waals surface area contributed by atoms with Gasteiger partial charge in [-0.25, -0.2) is 5.84 Å². The van der Waals surface area contributed by atoms with Crippen LogP contribution >= 0.6 is 0 Å². The molecular weight excluding hydrogens is 318 g/mol. The lowest BCUT2D eigenvalue weighted by atomic mass is 10.5. The van der Waals surface area contributed by atoms with Crippen LogP contribution in [0.3, 0.4) is 0 Å². The summed E-state index contributed by atoms with van der Waals surface area (Å²) in [6.07, 6.45) is 1.47. The topological polar surface area (TPSA) is 122 Å². The van der Waals surface area contributed by atoms with E-state index in [-0.39, 0.29) is 6.61 Å². The first-order valence-electron chi connectivity index (χ1n) is 8.17. The predicted octanol–water partition coefficient (Wildman–Crippen LogP) is -0.943. The Balaban J connectivity index is 3.15. The number of ether oxygens (including phenoxy) is 5. The van der Waals surface area contributed by atoms with Gasteiger partial charge in [0.05, 0.1) is 78.3 Å². The Bertz CT molecular complexity index is 294. The molecule has 0 aromatic heterocycles. The zero-order valence-corrected chi connectivity index (χ0v) is 14.7. The summed E-state index contributed by atoms with van der Waals surface area (Å²) in [5.41, 5.74) is 5.74. The molecule has 0 bridgehead atoms. The quantitative estimate of drug-likeness (QED) is 0.163. The lowest BCUT2D eigenvalue weighted by Gasteiger charge is -2.14. The van der Waals surface area contributed by atoms with Gasteiger partial charge in [0.15, 0.2) is 0 Å². The molecule has 24 heavy (non-hydrogen) atoms. The van der Waals surface area contributed by atoms with Crippen LogP contribution in [0.1, 0.15) is 6.92 Å². The van der Waals surface area contributed by atoms with Gasteiger partial charge in [0.1, 0.15) is 0 Å². The van der Waals surface area contributed by atoms with Crippen LogP contribution < -0.4 is 11.6 Å². The van der Waals surface area contributed by atoms with E-state index >= 15 is 0 Å². The second-order valence-corrected chi connectivity index (χ2v) is 4.75. The van der Waals surface area contributed by atoms with E-state index in [0.717, 1.165) is 0 Å². The van der Waals surface area contributed by atoms with Crippen LogP contribution in [0, 0.1) is 0 Å². The van der Waals surface area contributed by atoms with Gasteiger partial charge in [-0.05, 0) is 6.92 Å². The van der Waals surface area contributed by atoms with Crippen molar-refractivity contribution in [3.63, 3.8) is 0 Å². The van der Waals surface area contributed by atoms with Gasteiger partial charge < -0.3 is 39.5 Å². The standard InChI is InChI=1S/C15H33N3O6/c1-2-20-5-6-22-9-10-24-12-11-23-8-7-21-4-3-18(17)13-15(16)14-19/h13,19H,2-12,14,16-17H2,1H3/b15-13-. The number of aliphatic hydroxyl groups is 1. The zero-order chi connectivity index (χ0) is 17.9. The van der Waals surface area contributed by atoms with Crippen molar-refractivity contribution in [3.8, 4) is 0 Å².